The molecule has 0 amide bonds. The van der Waals surface area contributed by atoms with Gasteiger partial charge in [0.25, 0.3) is 0 Å². The van der Waals surface area contributed by atoms with Crippen LogP contribution in [0.1, 0.15) is 16.8 Å². The molecule has 0 aliphatic rings. The Morgan fingerprint density at radius 3 is 2.59 bits per heavy atom. The summed E-state index contributed by atoms with van der Waals surface area (Å²) in [5.41, 5.74) is 3.44. The lowest BCUT2D eigenvalue weighted by Gasteiger charge is -2.20. The fraction of sp³-hybridized carbons (Fsp3) is 0.0909. The second kappa shape index (κ2) is 8.67. The monoisotopic (exact) mass is 385 g/mol. The van der Waals surface area contributed by atoms with Gasteiger partial charge in [0.2, 0.25) is 5.88 Å². The molecule has 0 aliphatic carbocycles. The predicted octanol–water partition coefficient (Wildman–Crippen LogP) is 4.59. The van der Waals surface area contributed by atoms with Crippen LogP contribution in [0, 0.1) is 18.3 Å². The Morgan fingerprint density at radius 1 is 1.17 bits per heavy atom. The van der Waals surface area contributed by atoms with Gasteiger partial charge in [-0.1, -0.05) is 6.07 Å². The second-order valence-electron chi connectivity index (χ2n) is 6.14. The van der Waals surface area contributed by atoms with Gasteiger partial charge in [0.15, 0.2) is 0 Å². The Labute approximate surface area is 168 Å². The molecular weight excluding hydrogens is 366 g/mol. The summed E-state index contributed by atoms with van der Waals surface area (Å²) in [6.45, 7) is 5.09. The van der Waals surface area contributed by atoms with E-state index in [1.807, 2.05) is 42.3 Å². The number of aliphatic imine (C=N–C) groups is 1. The van der Waals surface area contributed by atoms with Crippen molar-refractivity contribution in [1.82, 2.24) is 9.97 Å². The summed E-state index contributed by atoms with van der Waals surface area (Å²) in [5.74, 6) is 0.337. The molecule has 7 nitrogen and oxygen atoms in total. The summed E-state index contributed by atoms with van der Waals surface area (Å²) in [4.78, 5) is 13.8. The number of rotatable bonds is 6. The van der Waals surface area contributed by atoms with E-state index >= 15 is 0 Å². The first-order chi connectivity index (χ1) is 14.0. The van der Waals surface area contributed by atoms with Crippen molar-refractivity contribution in [3.8, 4) is 23.7 Å². The topological polar surface area (TPSA) is 94.6 Å². The van der Waals surface area contributed by atoms with Gasteiger partial charge < -0.3 is 14.7 Å². The Bertz CT molecular complexity index is 1080. The maximum absolute atomic E-state index is 10.1. The van der Waals surface area contributed by atoms with Gasteiger partial charge in [0.05, 0.1) is 22.9 Å². The van der Waals surface area contributed by atoms with E-state index in [1.54, 1.807) is 31.2 Å². The first-order valence-corrected chi connectivity index (χ1v) is 8.73. The summed E-state index contributed by atoms with van der Waals surface area (Å²) in [7, 11) is 1.92. The standard InChI is InChI=1S/C22H19N5O2/c1-15-20(11-12-24-2)21(28)26-22(25-15)29-19-9-7-17(8-10-19)27(3)18-6-4-5-16(13-18)14-23/h4-13H,2H2,1,3H3,(H,25,26,28)/b12-11-. The number of hydrogen-bond donors (Lipinski definition) is 1. The van der Waals surface area contributed by atoms with Crippen LogP contribution in [0.2, 0.25) is 0 Å². The lowest BCUT2D eigenvalue weighted by Crippen LogP contribution is -2.09. The van der Waals surface area contributed by atoms with Crippen LogP contribution in [-0.4, -0.2) is 28.8 Å². The van der Waals surface area contributed by atoms with E-state index < -0.39 is 0 Å². The van der Waals surface area contributed by atoms with Gasteiger partial charge in [-0.25, -0.2) is 0 Å². The Morgan fingerprint density at radius 2 is 1.93 bits per heavy atom. The van der Waals surface area contributed by atoms with Crippen LogP contribution in [0.15, 0.2) is 59.7 Å². The average molecular weight is 385 g/mol. The molecule has 0 saturated heterocycles. The molecule has 0 atom stereocenters. The molecule has 0 saturated carbocycles. The minimum atomic E-state index is -0.193. The number of aromatic nitrogens is 2. The molecule has 1 N–H and O–H groups in total. The SMILES string of the molecule is C=N/C=C\c1c(C)nc(Oc2ccc(N(C)c3cccc(C#N)c3)cc2)nc1O. The van der Waals surface area contributed by atoms with Crippen molar-refractivity contribution in [2.75, 3.05) is 11.9 Å². The van der Waals surface area contributed by atoms with E-state index in [1.165, 1.54) is 6.20 Å². The van der Waals surface area contributed by atoms with Crippen molar-refractivity contribution < 1.29 is 9.84 Å². The van der Waals surface area contributed by atoms with Gasteiger partial charge in [-0.3, -0.25) is 4.99 Å². The number of hydrogen-bond acceptors (Lipinski definition) is 7. The molecule has 7 heteroatoms. The molecule has 0 unspecified atom stereocenters. The van der Waals surface area contributed by atoms with Crippen molar-refractivity contribution in [1.29, 1.82) is 5.26 Å². The van der Waals surface area contributed by atoms with E-state index in [4.69, 9.17) is 10.00 Å². The quantitative estimate of drug-likeness (QED) is 0.624. The minimum absolute atomic E-state index is 0.0477. The van der Waals surface area contributed by atoms with E-state index in [0.717, 1.165) is 11.4 Å². The van der Waals surface area contributed by atoms with Gasteiger partial charge in [-0.05, 0) is 62.2 Å². The van der Waals surface area contributed by atoms with Crippen molar-refractivity contribution in [2.45, 2.75) is 6.92 Å². The molecule has 0 bridgehead atoms. The third kappa shape index (κ3) is 4.57. The number of benzene rings is 2. The fourth-order valence-corrected chi connectivity index (χ4v) is 2.69. The highest BCUT2D eigenvalue weighted by molar-refractivity contribution is 5.64. The average Bonchev–Trinajstić information content (AvgIpc) is 2.73. The molecule has 0 aliphatic heterocycles. The zero-order valence-electron chi connectivity index (χ0n) is 16.1. The maximum atomic E-state index is 10.1. The van der Waals surface area contributed by atoms with Gasteiger partial charge in [0.1, 0.15) is 5.75 Å². The molecule has 3 rings (SSSR count). The van der Waals surface area contributed by atoms with E-state index in [-0.39, 0.29) is 11.9 Å². The summed E-state index contributed by atoms with van der Waals surface area (Å²) in [6, 6.07) is 16.9. The van der Waals surface area contributed by atoms with E-state index in [2.05, 4.69) is 27.7 Å². The van der Waals surface area contributed by atoms with Crippen LogP contribution in [-0.2, 0) is 0 Å². The van der Waals surface area contributed by atoms with Gasteiger partial charge in [0, 0.05) is 24.6 Å². The molecule has 0 spiro atoms. The molecule has 2 aromatic carbocycles. The molecule has 29 heavy (non-hydrogen) atoms. The third-order valence-electron chi connectivity index (χ3n) is 4.24. The number of aryl methyl sites for hydroxylation is 1. The van der Waals surface area contributed by atoms with Crippen LogP contribution in [0.5, 0.6) is 17.6 Å². The Kier molecular flexibility index (Phi) is 5.85. The van der Waals surface area contributed by atoms with Gasteiger partial charge in [-0.15, -0.1) is 0 Å². The van der Waals surface area contributed by atoms with Crippen molar-refractivity contribution in [3.63, 3.8) is 0 Å². The zero-order valence-corrected chi connectivity index (χ0v) is 16.1. The lowest BCUT2D eigenvalue weighted by molar-refractivity contribution is 0.403. The molecule has 0 fully saturated rings. The lowest BCUT2D eigenvalue weighted by atomic mass is 10.2. The van der Waals surface area contributed by atoms with Gasteiger partial charge in [-0.2, -0.15) is 15.2 Å². The maximum Gasteiger partial charge on any atom is 0.325 e. The smallest absolute Gasteiger partial charge is 0.325 e. The third-order valence-corrected chi connectivity index (χ3v) is 4.24. The summed E-state index contributed by atoms with van der Waals surface area (Å²) >= 11 is 0. The fourth-order valence-electron chi connectivity index (χ4n) is 2.69. The van der Waals surface area contributed by atoms with Crippen molar-refractivity contribution in [3.05, 3.63) is 71.6 Å². The highest BCUT2D eigenvalue weighted by Crippen LogP contribution is 2.29. The Balaban J connectivity index is 1.78. The van der Waals surface area contributed by atoms with Crippen LogP contribution in [0.3, 0.4) is 0 Å². The van der Waals surface area contributed by atoms with E-state index in [9.17, 15) is 5.11 Å². The van der Waals surface area contributed by atoms with Gasteiger partial charge >= 0.3 is 6.01 Å². The number of aromatic hydroxyl groups is 1. The highest BCUT2D eigenvalue weighted by atomic mass is 16.5. The number of nitrogens with zero attached hydrogens (tertiary/aromatic N) is 5. The number of anilines is 2. The Hall–Kier alpha value is -4.18. The van der Waals surface area contributed by atoms with Crippen LogP contribution < -0.4 is 9.64 Å². The predicted molar refractivity (Wildman–Crippen MR) is 113 cm³/mol. The molecule has 3 aromatic rings. The highest BCUT2D eigenvalue weighted by Gasteiger charge is 2.11. The van der Waals surface area contributed by atoms with Crippen molar-refractivity contribution in [2.24, 2.45) is 4.99 Å². The summed E-state index contributed by atoms with van der Waals surface area (Å²) in [5, 5.41) is 19.2. The number of nitriles is 1. The first kappa shape index (κ1) is 19.6. The van der Waals surface area contributed by atoms with Crippen molar-refractivity contribution >= 4 is 24.2 Å². The molecule has 1 aromatic heterocycles. The normalized spacial score (nSPS) is 10.5. The van der Waals surface area contributed by atoms with Crippen LogP contribution >= 0.6 is 0 Å². The largest absolute Gasteiger partial charge is 0.493 e. The van der Waals surface area contributed by atoms with Crippen LogP contribution in [0.25, 0.3) is 6.08 Å². The molecular formula is C22H19N5O2. The molecule has 144 valence electrons. The first-order valence-electron chi connectivity index (χ1n) is 8.73. The second-order valence-corrected chi connectivity index (χ2v) is 6.14. The summed E-state index contributed by atoms with van der Waals surface area (Å²) in [6.07, 6.45) is 3.03. The molecule has 1 heterocycles. The molecule has 0 radical (unpaired) electrons. The minimum Gasteiger partial charge on any atom is -0.493 e. The summed E-state index contributed by atoms with van der Waals surface area (Å²) < 4.78 is 5.67. The van der Waals surface area contributed by atoms with E-state index in [0.29, 0.717) is 22.6 Å². The number of ether oxygens (including phenoxy) is 1. The van der Waals surface area contributed by atoms with Crippen LogP contribution in [0.4, 0.5) is 11.4 Å². The zero-order chi connectivity index (χ0) is 20.8.